The quantitative estimate of drug-likeness (QED) is 0.853. The third kappa shape index (κ3) is 6.35. The first kappa shape index (κ1) is 18.3. The van der Waals surface area contributed by atoms with Gasteiger partial charge in [0.15, 0.2) is 0 Å². The summed E-state index contributed by atoms with van der Waals surface area (Å²) in [7, 11) is 0. The molecule has 2 unspecified atom stereocenters. The molecule has 0 fully saturated rings. The summed E-state index contributed by atoms with van der Waals surface area (Å²) in [6, 6.07) is 6.22. The molecule has 22 heavy (non-hydrogen) atoms. The molecule has 2 atom stereocenters. The summed E-state index contributed by atoms with van der Waals surface area (Å²) in [4.78, 5) is 23.6. The Bertz CT molecular complexity index is 522. The van der Waals surface area contributed by atoms with Gasteiger partial charge in [-0.3, -0.25) is 0 Å². The normalized spacial score (nSPS) is 13.9. The molecule has 0 saturated carbocycles. The first-order valence-corrected chi connectivity index (χ1v) is 7.42. The van der Waals surface area contributed by atoms with Crippen LogP contribution in [0.5, 0.6) is 0 Å². The third-order valence-electron chi connectivity index (χ3n) is 2.72. The molecule has 1 amide bonds. The van der Waals surface area contributed by atoms with Gasteiger partial charge in [-0.25, -0.2) is 9.59 Å². The lowest BCUT2D eigenvalue weighted by Crippen LogP contribution is -2.42. The van der Waals surface area contributed by atoms with Crippen LogP contribution in [-0.2, 0) is 14.3 Å². The van der Waals surface area contributed by atoms with Crippen molar-refractivity contribution < 1.29 is 19.1 Å². The van der Waals surface area contributed by atoms with E-state index < -0.39 is 29.8 Å². The number of ether oxygens (including phenoxy) is 2. The summed E-state index contributed by atoms with van der Waals surface area (Å²) in [6.07, 6.45) is -1.09. The fraction of sp³-hybridized carbons (Fsp3) is 0.500. The molecule has 0 heterocycles. The number of hydrogen-bond acceptors (Lipinski definition) is 4. The molecule has 1 rings (SSSR count). The Morgan fingerprint density at radius 2 is 1.68 bits per heavy atom. The van der Waals surface area contributed by atoms with Gasteiger partial charge in [0, 0.05) is 5.02 Å². The van der Waals surface area contributed by atoms with Gasteiger partial charge in [-0.2, -0.15) is 0 Å². The van der Waals surface area contributed by atoms with E-state index in [1.807, 2.05) is 0 Å². The molecule has 122 valence electrons. The van der Waals surface area contributed by atoms with Crippen LogP contribution in [0.2, 0.25) is 5.02 Å². The second kappa shape index (κ2) is 7.49. The lowest BCUT2D eigenvalue weighted by Gasteiger charge is -2.22. The summed E-state index contributed by atoms with van der Waals surface area (Å²) < 4.78 is 10.4. The summed E-state index contributed by atoms with van der Waals surface area (Å²) in [5.41, 5.74) is 0.201. The van der Waals surface area contributed by atoms with Gasteiger partial charge in [0.1, 0.15) is 17.7 Å². The van der Waals surface area contributed by atoms with Crippen molar-refractivity contribution in [2.45, 2.75) is 52.4 Å². The monoisotopic (exact) mass is 327 g/mol. The number of benzene rings is 1. The van der Waals surface area contributed by atoms with Crippen molar-refractivity contribution in [3.8, 4) is 0 Å². The van der Waals surface area contributed by atoms with Gasteiger partial charge in [0.25, 0.3) is 0 Å². The van der Waals surface area contributed by atoms with E-state index in [9.17, 15) is 9.59 Å². The van der Waals surface area contributed by atoms with Crippen LogP contribution >= 0.6 is 11.6 Å². The maximum Gasteiger partial charge on any atom is 0.408 e. The van der Waals surface area contributed by atoms with Crippen molar-refractivity contribution in [1.82, 2.24) is 5.32 Å². The number of nitrogens with one attached hydrogen (secondary N) is 1. The van der Waals surface area contributed by atoms with Crippen molar-refractivity contribution in [3.63, 3.8) is 0 Å². The molecule has 1 aromatic carbocycles. The highest BCUT2D eigenvalue weighted by Gasteiger charge is 2.23. The predicted octanol–water partition coefficient (Wildman–Crippen LogP) is 3.86. The zero-order valence-corrected chi connectivity index (χ0v) is 14.2. The minimum atomic E-state index is -0.801. The van der Waals surface area contributed by atoms with Crippen LogP contribution in [0.25, 0.3) is 0 Å². The Kier molecular flexibility index (Phi) is 6.23. The minimum absolute atomic E-state index is 0.437. The van der Waals surface area contributed by atoms with Crippen LogP contribution < -0.4 is 5.32 Å². The second-order valence-corrected chi connectivity index (χ2v) is 6.44. The van der Waals surface area contributed by atoms with Crippen molar-refractivity contribution in [3.05, 3.63) is 34.9 Å². The number of hydrogen-bond donors (Lipinski definition) is 1. The Morgan fingerprint density at radius 1 is 1.14 bits per heavy atom. The fourth-order valence-corrected chi connectivity index (χ4v) is 1.75. The Hall–Kier alpha value is -1.75. The fourth-order valence-electron chi connectivity index (χ4n) is 1.62. The number of alkyl carbamates (subject to hydrolysis) is 1. The number of amides is 1. The topological polar surface area (TPSA) is 64.6 Å². The number of esters is 1. The molecule has 0 aliphatic rings. The zero-order chi connectivity index (χ0) is 16.9. The van der Waals surface area contributed by atoms with Crippen LogP contribution in [-0.4, -0.2) is 23.7 Å². The number of carbonyl (C=O) groups excluding carboxylic acids is 2. The number of rotatable bonds is 4. The standard InChI is InChI=1S/C16H22ClNO4/c1-10(18-15(20)22-16(3,4)5)14(19)21-11(2)12-6-8-13(17)9-7-12/h6-11H,1-5H3,(H,18,20). The van der Waals surface area contributed by atoms with Crippen molar-refractivity contribution in [2.24, 2.45) is 0 Å². The van der Waals surface area contributed by atoms with Gasteiger partial charge in [-0.1, -0.05) is 23.7 Å². The van der Waals surface area contributed by atoms with Gasteiger partial charge < -0.3 is 14.8 Å². The molecule has 0 bridgehead atoms. The molecular formula is C16H22ClNO4. The zero-order valence-electron chi connectivity index (χ0n) is 13.5. The molecule has 0 aromatic heterocycles. The van der Waals surface area contributed by atoms with Gasteiger partial charge in [-0.15, -0.1) is 0 Å². The molecule has 1 aromatic rings. The Labute approximate surface area is 135 Å². The van der Waals surface area contributed by atoms with E-state index in [0.29, 0.717) is 5.02 Å². The van der Waals surface area contributed by atoms with Gasteiger partial charge in [0.2, 0.25) is 0 Å². The van der Waals surface area contributed by atoms with Crippen molar-refractivity contribution >= 4 is 23.7 Å². The van der Waals surface area contributed by atoms with Gasteiger partial charge >= 0.3 is 12.1 Å². The lowest BCUT2D eigenvalue weighted by atomic mass is 10.1. The van der Waals surface area contributed by atoms with Crippen LogP contribution in [0.1, 0.15) is 46.3 Å². The van der Waals surface area contributed by atoms with E-state index in [1.54, 1.807) is 58.9 Å². The van der Waals surface area contributed by atoms with E-state index in [1.165, 1.54) is 0 Å². The third-order valence-corrected chi connectivity index (χ3v) is 2.97. The van der Waals surface area contributed by atoms with Gasteiger partial charge in [0.05, 0.1) is 0 Å². The van der Waals surface area contributed by atoms with Crippen molar-refractivity contribution in [2.75, 3.05) is 0 Å². The molecule has 0 aliphatic carbocycles. The van der Waals surface area contributed by atoms with E-state index in [4.69, 9.17) is 21.1 Å². The molecule has 6 heteroatoms. The maximum absolute atomic E-state index is 12.0. The van der Waals surface area contributed by atoms with Crippen LogP contribution in [0, 0.1) is 0 Å². The molecule has 0 radical (unpaired) electrons. The summed E-state index contributed by atoms with van der Waals surface area (Å²) in [6.45, 7) is 8.54. The highest BCUT2D eigenvalue weighted by atomic mass is 35.5. The molecular weight excluding hydrogens is 306 g/mol. The average Bonchev–Trinajstić information content (AvgIpc) is 2.36. The first-order valence-electron chi connectivity index (χ1n) is 7.04. The maximum atomic E-state index is 12.0. The minimum Gasteiger partial charge on any atom is -0.456 e. The molecule has 0 aliphatic heterocycles. The SMILES string of the molecule is CC(NC(=O)OC(C)(C)C)C(=O)OC(C)c1ccc(Cl)cc1. The number of halogens is 1. The highest BCUT2D eigenvalue weighted by molar-refractivity contribution is 6.30. The average molecular weight is 328 g/mol. The van der Waals surface area contributed by atoms with Crippen LogP contribution in [0.4, 0.5) is 4.79 Å². The van der Waals surface area contributed by atoms with Crippen LogP contribution in [0.3, 0.4) is 0 Å². The van der Waals surface area contributed by atoms with Crippen molar-refractivity contribution in [1.29, 1.82) is 0 Å². The predicted molar refractivity (Wildman–Crippen MR) is 84.8 cm³/mol. The Morgan fingerprint density at radius 3 is 2.18 bits per heavy atom. The molecule has 5 nitrogen and oxygen atoms in total. The summed E-state index contributed by atoms with van der Waals surface area (Å²) >= 11 is 5.81. The van der Waals surface area contributed by atoms with E-state index in [0.717, 1.165) is 5.56 Å². The molecule has 0 saturated heterocycles. The second-order valence-electron chi connectivity index (χ2n) is 6.00. The van der Waals surface area contributed by atoms with E-state index in [-0.39, 0.29) is 0 Å². The summed E-state index contributed by atoms with van der Waals surface area (Å²) in [5, 5.41) is 3.06. The van der Waals surface area contributed by atoms with E-state index in [2.05, 4.69) is 5.32 Å². The smallest absolute Gasteiger partial charge is 0.408 e. The summed E-state index contributed by atoms with van der Waals surface area (Å²) in [5.74, 6) is -0.534. The molecule has 0 spiro atoms. The molecule has 1 N–H and O–H groups in total. The highest BCUT2D eigenvalue weighted by Crippen LogP contribution is 2.19. The van der Waals surface area contributed by atoms with Crippen LogP contribution in [0.15, 0.2) is 24.3 Å². The number of carbonyl (C=O) groups is 2. The first-order chi connectivity index (χ1) is 10.1. The largest absolute Gasteiger partial charge is 0.456 e. The van der Waals surface area contributed by atoms with Gasteiger partial charge in [-0.05, 0) is 52.3 Å². The van der Waals surface area contributed by atoms with E-state index >= 15 is 0 Å². The Balaban J connectivity index is 2.53. The lowest BCUT2D eigenvalue weighted by molar-refractivity contribution is -0.150.